The second-order valence-electron chi connectivity index (χ2n) is 10.5. The van der Waals surface area contributed by atoms with Gasteiger partial charge in [0, 0.05) is 11.5 Å². The third-order valence-electron chi connectivity index (χ3n) is 7.42. The van der Waals surface area contributed by atoms with Crippen molar-refractivity contribution in [2.45, 2.75) is 70.2 Å². The van der Waals surface area contributed by atoms with Crippen LogP contribution in [-0.4, -0.2) is 37.3 Å². The standard InChI is InChI=1S/C34H39F3O4/c1-3-5-7-8-10-30(38)34-40-21-26(22-41-34)27-16-15-25(20-29(27)35)23-11-13-24(14-12-23)28-17-18-31(33(37)32(28)36)39-19-9-6-4-2/h4,11-18,20,26,30,34,38H,2-3,5-10,19,21-22H2,1H3. The van der Waals surface area contributed by atoms with Crippen molar-refractivity contribution < 1.29 is 32.5 Å². The van der Waals surface area contributed by atoms with E-state index in [2.05, 4.69) is 13.5 Å². The Morgan fingerprint density at radius 1 is 0.902 bits per heavy atom. The van der Waals surface area contributed by atoms with E-state index in [1.54, 1.807) is 36.4 Å². The molecule has 7 heteroatoms. The average Bonchev–Trinajstić information content (AvgIpc) is 3.00. The Morgan fingerprint density at radius 2 is 1.61 bits per heavy atom. The van der Waals surface area contributed by atoms with Crippen LogP contribution in [0.25, 0.3) is 22.3 Å². The highest BCUT2D eigenvalue weighted by atomic mass is 19.2. The van der Waals surface area contributed by atoms with Crippen molar-refractivity contribution in [1.29, 1.82) is 0 Å². The molecule has 4 rings (SSSR count). The third-order valence-corrected chi connectivity index (χ3v) is 7.42. The number of benzene rings is 3. The lowest BCUT2D eigenvalue weighted by Gasteiger charge is -2.32. The second kappa shape index (κ2) is 15.2. The van der Waals surface area contributed by atoms with Gasteiger partial charge in [-0.3, -0.25) is 0 Å². The van der Waals surface area contributed by atoms with Gasteiger partial charge in [0.2, 0.25) is 5.82 Å². The molecule has 1 saturated heterocycles. The normalized spacial score (nSPS) is 17.8. The summed E-state index contributed by atoms with van der Waals surface area (Å²) in [5.74, 6) is -2.77. The van der Waals surface area contributed by atoms with Crippen LogP contribution in [0.15, 0.2) is 67.3 Å². The van der Waals surface area contributed by atoms with E-state index >= 15 is 4.39 Å². The van der Waals surface area contributed by atoms with Gasteiger partial charge < -0.3 is 19.3 Å². The first kappa shape index (κ1) is 30.8. The van der Waals surface area contributed by atoms with E-state index in [1.165, 1.54) is 18.2 Å². The minimum absolute atomic E-state index is 0.120. The van der Waals surface area contributed by atoms with Gasteiger partial charge in [-0.25, -0.2) is 8.78 Å². The Bertz CT molecular complexity index is 1270. The van der Waals surface area contributed by atoms with Crippen LogP contribution >= 0.6 is 0 Å². The van der Waals surface area contributed by atoms with Gasteiger partial charge in [-0.05, 0) is 59.7 Å². The maximum absolute atomic E-state index is 15.2. The van der Waals surface area contributed by atoms with Crippen LogP contribution in [0.5, 0.6) is 5.75 Å². The van der Waals surface area contributed by atoms with Crippen LogP contribution in [0.4, 0.5) is 13.2 Å². The van der Waals surface area contributed by atoms with Gasteiger partial charge in [0.1, 0.15) is 11.9 Å². The van der Waals surface area contributed by atoms with Crippen molar-refractivity contribution in [2.24, 2.45) is 0 Å². The fourth-order valence-electron chi connectivity index (χ4n) is 4.99. The van der Waals surface area contributed by atoms with E-state index in [9.17, 15) is 13.9 Å². The molecule has 1 unspecified atom stereocenters. The molecule has 0 amide bonds. The smallest absolute Gasteiger partial charge is 0.201 e. The fraction of sp³-hybridized carbons (Fsp3) is 0.412. The van der Waals surface area contributed by atoms with Gasteiger partial charge >= 0.3 is 0 Å². The van der Waals surface area contributed by atoms with Gasteiger partial charge in [-0.2, -0.15) is 4.39 Å². The summed E-state index contributed by atoms with van der Waals surface area (Å²) in [4.78, 5) is 0. The fourth-order valence-corrected chi connectivity index (χ4v) is 4.99. The molecule has 1 N–H and O–H groups in total. The molecule has 0 spiro atoms. The number of hydrogen-bond donors (Lipinski definition) is 1. The van der Waals surface area contributed by atoms with Crippen LogP contribution in [0.2, 0.25) is 0 Å². The Labute approximate surface area is 240 Å². The van der Waals surface area contributed by atoms with Gasteiger partial charge in [0.05, 0.1) is 19.8 Å². The molecule has 0 aliphatic carbocycles. The topological polar surface area (TPSA) is 47.9 Å². The summed E-state index contributed by atoms with van der Waals surface area (Å²) in [5.41, 5.74) is 2.51. The predicted octanol–water partition coefficient (Wildman–Crippen LogP) is 8.57. The summed E-state index contributed by atoms with van der Waals surface area (Å²) in [7, 11) is 0. The highest BCUT2D eigenvalue weighted by Crippen LogP contribution is 2.33. The van der Waals surface area contributed by atoms with E-state index in [0.717, 1.165) is 37.7 Å². The number of unbranched alkanes of at least 4 members (excludes halogenated alkanes) is 4. The van der Waals surface area contributed by atoms with Gasteiger partial charge in [-0.15, -0.1) is 6.58 Å². The summed E-state index contributed by atoms with van der Waals surface area (Å²) in [6, 6.07) is 14.8. The Hall–Kier alpha value is -3.13. The monoisotopic (exact) mass is 568 g/mol. The number of halogens is 3. The maximum Gasteiger partial charge on any atom is 0.201 e. The van der Waals surface area contributed by atoms with Crippen molar-refractivity contribution in [1.82, 2.24) is 0 Å². The van der Waals surface area contributed by atoms with Crippen molar-refractivity contribution in [3.8, 4) is 28.0 Å². The lowest BCUT2D eigenvalue weighted by Crippen LogP contribution is -2.39. The quantitative estimate of drug-likeness (QED) is 0.156. The van der Waals surface area contributed by atoms with E-state index in [1.807, 2.05) is 6.07 Å². The largest absolute Gasteiger partial charge is 0.490 e. The van der Waals surface area contributed by atoms with Crippen LogP contribution in [0, 0.1) is 17.5 Å². The molecule has 0 radical (unpaired) electrons. The Balaban J connectivity index is 1.37. The summed E-state index contributed by atoms with van der Waals surface area (Å²) in [5, 5.41) is 10.4. The molecule has 0 bridgehead atoms. The Kier molecular flexibility index (Phi) is 11.4. The average molecular weight is 569 g/mol. The van der Waals surface area contributed by atoms with Crippen LogP contribution in [-0.2, 0) is 9.47 Å². The third kappa shape index (κ3) is 8.00. The number of aliphatic hydroxyl groups is 1. The second-order valence-corrected chi connectivity index (χ2v) is 10.5. The lowest BCUT2D eigenvalue weighted by atomic mass is 9.95. The van der Waals surface area contributed by atoms with Crippen molar-refractivity contribution in [3.05, 3.63) is 90.3 Å². The van der Waals surface area contributed by atoms with Crippen LogP contribution < -0.4 is 4.74 Å². The number of hydrogen-bond acceptors (Lipinski definition) is 4. The zero-order valence-corrected chi connectivity index (χ0v) is 23.6. The summed E-state index contributed by atoms with van der Waals surface area (Å²) in [6.07, 6.45) is 6.65. The minimum Gasteiger partial charge on any atom is -0.490 e. The molecule has 41 heavy (non-hydrogen) atoms. The molecule has 1 atom stereocenters. The molecule has 1 aliphatic rings. The number of ether oxygens (including phenoxy) is 3. The molecule has 3 aromatic carbocycles. The van der Waals surface area contributed by atoms with Crippen molar-refractivity contribution >= 4 is 0 Å². The summed E-state index contributed by atoms with van der Waals surface area (Å²) >= 11 is 0. The molecule has 0 saturated carbocycles. The number of aliphatic hydroxyl groups excluding tert-OH is 1. The molecule has 3 aromatic rings. The van der Waals surface area contributed by atoms with Gasteiger partial charge in [0.15, 0.2) is 17.9 Å². The van der Waals surface area contributed by atoms with E-state index in [-0.39, 0.29) is 42.9 Å². The van der Waals surface area contributed by atoms with E-state index in [4.69, 9.17) is 14.2 Å². The highest BCUT2D eigenvalue weighted by molar-refractivity contribution is 5.71. The molecule has 1 fully saturated rings. The molecule has 0 aromatic heterocycles. The van der Waals surface area contributed by atoms with Crippen molar-refractivity contribution in [2.75, 3.05) is 19.8 Å². The van der Waals surface area contributed by atoms with Crippen molar-refractivity contribution in [3.63, 3.8) is 0 Å². The first-order valence-corrected chi connectivity index (χ1v) is 14.5. The summed E-state index contributed by atoms with van der Waals surface area (Å²) in [6.45, 7) is 6.57. The predicted molar refractivity (Wildman–Crippen MR) is 155 cm³/mol. The SMILES string of the molecule is C=CCCCOc1ccc(-c2ccc(-c3ccc(C4COC(C(O)CCCCCC)OC4)c(F)c3)cc2)c(F)c1F. The van der Waals surface area contributed by atoms with Crippen LogP contribution in [0.1, 0.15) is 63.4 Å². The van der Waals surface area contributed by atoms with Gasteiger partial charge in [-0.1, -0.05) is 75.1 Å². The number of allylic oxidation sites excluding steroid dienone is 1. The molecule has 1 heterocycles. The molecule has 1 aliphatic heterocycles. The molecule has 220 valence electrons. The number of rotatable bonds is 14. The van der Waals surface area contributed by atoms with E-state index < -0.39 is 24.0 Å². The minimum atomic E-state index is -1.02. The zero-order chi connectivity index (χ0) is 29.2. The summed E-state index contributed by atoms with van der Waals surface area (Å²) < 4.78 is 61.4. The lowest BCUT2D eigenvalue weighted by molar-refractivity contribution is -0.230. The molecular weight excluding hydrogens is 529 g/mol. The first-order chi connectivity index (χ1) is 19.9. The zero-order valence-electron chi connectivity index (χ0n) is 23.6. The first-order valence-electron chi connectivity index (χ1n) is 14.5. The van der Waals surface area contributed by atoms with Gasteiger partial charge in [0.25, 0.3) is 0 Å². The highest BCUT2D eigenvalue weighted by Gasteiger charge is 2.30. The van der Waals surface area contributed by atoms with Crippen LogP contribution in [0.3, 0.4) is 0 Å². The molecule has 4 nitrogen and oxygen atoms in total. The maximum atomic E-state index is 15.2. The molecular formula is C34H39F3O4. The Morgan fingerprint density at radius 3 is 2.29 bits per heavy atom. The van der Waals surface area contributed by atoms with E-state index in [0.29, 0.717) is 29.5 Å².